The highest BCUT2D eigenvalue weighted by atomic mass is 35.5. The first-order valence-corrected chi connectivity index (χ1v) is 7.35. The van der Waals surface area contributed by atoms with Gasteiger partial charge in [-0.15, -0.1) is 0 Å². The minimum atomic E-state index is 0.501. The molecule has 1 aliphatic carbocycles. The molecule has 1 saturated carbocycles. The van der Waals surface area contributed by atoms with E-state index in [-0.39, 0.29) is 0 Å². The van der Waals surface area contributed by atoms with Gasteiger partial charge in [0.2, 0.25) is 0 Å². The first-order valence-electron chi connectivity index (χ1n) is 5.75. The first-order chi connectivity index (χ1) is 7.76. The average Bonchev–Trinajstić information content (AvgIpc) is 2.25. The number of thioether (sulfide) groups is 1. The Morgan fingerprint density at radius 2 is 2.12 bits per heavy atom. The van der Waals surface area contributed by atoms with Gasteiger partial charge in [0.1, 0.15) is 0 Å². The molecule has 1 aromatic carbocycles. The van der Waals surface area contributed by atoms with Crippen LogP contribution in [0.5, 0.6) is 0 Å². The van der Waals surface area contributed by atoms with Gasteiger partial charge in [-0.3, -0.25) is 0 Å². The molecule has 0 spiro atoms. The second-order valence-corrected chi connectivity index (χ2v) is 6.12. The monoisotopic (exact) mass is 255 g/mol. The van der Waals surface area contributed by atoms with Crippen LogP contribution in [0.15, 0.2) is 24.3 Å². The van der Waals surface area contributed by atoms with Crippen molar-refractivity contribution in [1.29, 1.82) is 0 Å². The van der Waals surface area contributed by atoms with Crippen LogP contribution in [0.4, 0.5) is 0 Å². The van der Waals surface area contributed by atoms with Gasteiger partial charge in [0.15, 0.2) is 0 Å². The zero-order valence-electron chi connectivity index (χ0n) is 9.63. The smallest absolute Gasteiger partial charge is 0.0450 e. The molecule has 0 amide bonds. The van der Waals surface area contributed by atoms with E-state index >= 15 is 0 Å². The molecule has 1 aromatic rings. The van der Waals surface area contributed by atoms with Gasteiger partial charge in [-0.1, -0.05) is 36.2 Å². The highest BCUT2D eigenvalue weighted by Gasteiger charge is 2.35. The normalized spacial score (nSPS) is 18.1. The number of hydrogen-bond acceptors (Lipinski definition) is 2. The van der Waals surface area contributed by atoms with Crippen molar-refractivity contribution >= 4 is 23.4 Å². The minimum absolute atomic E-state index is 0.501. The molecule has 16 heavy (non-hydrogen) atoms. The summed E-state index contributed by atoms with van der Waals surface area (Å²) in [6, 6.07) is 8.05. The predicted octanol–water partition coefficient (Wildman–Crippen LogP) is 3.72. The molecule has 0 atom stereocenters. The second-order valence-electron chi connectivity index (χ2n) is 4.44. The molecule has 1 N–H and O–H groups in total. The largest absolute Gasteiger partial charge is 0.311 e. The summed E-state index contributed by atoms with van der Waals surface area (Å²) in [4.78, 5) is 0. The van der Waals surface area contributed by atoms with Gasteiger partial charge >= 0.3 is 0 Å². The van der Waals surface area contributed by atoms with E-state index in [0.29, 0.717) is 4.75 Å². The third-order valence-corrected chi connectivity index (χ3v) is 5.21. The summed E-state index contributed by atoms with van der Waals surface area (Å²) < 4.78 is 0.501. The zero-order valence-corrected chi connectivity index (χ0v) is 11.2. The predicted molar refractivity (Wildman–Crippen MR) is 73.3 cm³/mol. The Morgan fingerprint density at radius 1 is 1.38 bits per heavy atom. The van der Waals surface area contributed by atoms with Gasteiger partial charge in [0.25, 0.3) is 0 Å². The fourth-order valence-corrected chi connectivity index (χ4v) is 3.24. The zero-order chi connectivity index (χ0) is 11.4. The number of hydrogen-bond donors (Lipinski definition) is 1. The molecule has 3 heteroatoms. The first kappa shape index (κ1) is 12.3. The van der Waals surface area contributed by atoms with Crippen molar-refractivity contribution in [1.82, 2.24) is 5.32 Å². The molecule has 0 aliphatic heterocycles. The van der Waals surface area contributed by atoms with Gasteiger partial charge < -0.3 is 5.32 Å². The van der Waals surface area contributed by atoms with E-state index in [1.54, 1.807) is 0 Å². The molecule has 2 rings (SSSR count). The highest BCUT2D eigenvalue weighted by molar-refractivity contribution is 8.00. The lowest BCUT2D eigenvalue weighted by molar-refractivity contribution is 0.345. The maximum absolute atomic E-state index is 6.11. The Hall–Kier alpha value is -0.180. The maximum Gasteiger partial charge on any atom is 0.0450 e. The molecule has 0 aromatic heterocycles. The van der Waals surface area contributed by atoms with Gasteiger partial charge in [-0.05, 0) is 30.7 Å². The molecule has 1 nitrogen and oxygen atoms in total. The molecule has 1 fully saturated rings. The van der Waals surface area contributed by atoms with Crippen molar-refractivity contribution in [3.05, 3.63) is 34.9 Å². The fraction of sp³-hybridized carbons (Fsp3) is 0.538. The lowest BCUT2D eigenvalue weighted by Crippen LogP contribution is -2.43. The van der Waals surface area contributed by atoms with Crippen LogP contribution in [-0.4, -0.2) is 17.5 Å². The number of rotatable bonds is 5. The Morgan fingerprint density at radius 3 is 2.69 bits per heavy atom. The van der Waals surface area contributed by atoms with E-state index in [1.165, 1.54) is 24.8 Å². The second kappa shape index (κ2) is 5.44. The molecule has 0 bridgehead atoms. The molecular formula is C13H18ClNS. The van der Waals surface area contributed by atoms with Crippen molar-refractivity contribution in [2.24, 2.45) is 0 Å². The van der Waals surface area contributed by atoms with Crippen molar-refractivity contribution in [3.8, 4) is 0 Å². The SMILES string of the molecule is CSC1(CNCc2ccccc2Cl)CCC1. The Balaban J connectivity index is 1.82. The van der Waals surface area contributed by atoms with Crippen LogP contribution < -0.4 is 5.32 Å². The van der Waals surface area contributed by atoms with Crippen molar-refractivity contribution in [3.63, 3.8) is 0 Å². The third kappa shape index (κ3) is 2.73. The van der Waals surface area contributed by atoms with Crippen LogP contribution in [-0.2, 0) is 6.54 Å². The summed E-state index contributed by atoms with van der Waals surface area (Å²) in [5.41, 5.74) is 1.19. The summed E-state index contributed by atoms with van der Waals surface area (Å²) in [5.74, 6) is 0. The maximum atomic E-state index is 6.11. The molecule has 0 saturated heterocycles. The van der Waals surface area contributed by atoms with E-state index in [2.05, 4.69) is 17.6 Å². The van der Waals surface area contributed by atoms with Crippen LogP contribution >= 0.6 is 23.4 Å². The number of halogens is 1. The quantitative estimate of drug-likeness (QED) is 0.861. The summed E-state index contributed by atoms with van der Waals surface area (Å²) >= 11 is 8.11. The third-order valence-electron chi connectivity index (χ3n) is 3.42. The van der Waals surface area contributed by atoms with E-state index in [0.717, 1.165) is 18.1 Å². The van der Waals surface area contributed by atoms with E-state index in [9.17, 15) is 0 Å². The van der Waals surface area contributed by atoms with Gasteiger partial charge in [0, 0.05) is 22.9 Å². The summed E-state index contributed by atoms with van der Waals surface area (Å²) in [6.07, 6.45) is 6.30. The van der Waals surface area contributed by atoms with Crippen molar-refractivity contribution in [2.75, 3.05) is 12.8 Å². The van der Waals surface area contributed by atoms with Crippen molar-refractivity contribution < 1.29 is 0 Å². The summed E-state index contributed by atoms with van der Waals surface area (Å²) in [5, 5.41) is 4.39. The Bertz CT molecular complexity index is 344. The molecule has 0 heterocycles. The summed E-state index contributed by atoms with van der Waals surface area (Å²) in [6.45, 7) is 1.97. The standard InChI is InChI=1S/C13H18ClNS/c1-16-13(7-4-8-13)10-15-9-11-5-2-3-6-12(11)14/h2-3,5-6,15H,4,7-10H2,1H3. The van der Waals surface area contributed by atoms with Crippen LogP contribution in [0.1, 0.15) is 24.8 Å². The molecule has 1 aliphatic rings. The van der Waals surface area contributed by atoms with E-state index in [4.69, 9.17) is 11.6 Å². The lowest BCUT2D eigenvalue weighted by atomic mass is 9.84. The molecular weight excluding hydrogens is 238 g/mol. The van der Waals surface area contributed by atoms with E-state index < -0.39 is 0 Å². The number of benzene rings is 1. The van der Waals surface area contributed by atoms with Gasteiger partial charge in [-0.2, -0.15) is 11.8 Å². The highest BCUT2D eigenvalue weighted by Crippen LogP contribution is 2.42. The summed E-state index contributed by atoms with van der Waals surface area (Å²) in [7, 11) is 0. The Kier molecular flexibility index (Phi) is 4.17. The molecule has 88 valence electrons. The average molecular weight is 256 g/mol. The molecule has 0 radical (unpaired) electrons. The van der Waals surface area contributed by atoms with Crippen LogP contribution in [0.2, 0.25) is 5.02 Å². The Labute approximate surface area is 107 Å². The van der Waals surface area contributed by atoms with Crippen LogP contribution in [0.3, 0.4) is 0 Å². The topological polar surface area (TPSA) is 12.0 Å². The van der Waals surface area contributed by atoms with Gasteiger partial charge in [-0.25, -0.2) is 0 Å². The van der Waals surface area contributed by atoms with Gasteiger partial charge in [0.05, 0.1) is 0 Å². The van der Waals surface area contributed by atoms with Crippen LogP contribution in [0.25, 0.3) is 0 Å². The molecule has 0 unspecified atom stereocenters. The van der Waals surface area contributed by atoms with Crippen LogP contribution in [0, 0.1) is 0 Å². The minimum Gasteiger partial charge on any atom is -0.311 e. The number of nitrogens with one attached hydrogen (secondary N) is 1. The van der Waals surface area contributed by atoms with Crippen molar-refractivity contribution in [2.45, 2.75) is 30.6 Å². The fourth-order valence-electron chi connectivity index (χ4n) is 2.09. The van der Waals surface area contributed by atoms with E-state index in [1.807, 2.05) is 30.0 Å². The lowest BCUT2D eigenvalue weighted by Gasteiger charge is -2.40.